The molecule has 6 aliphatic rings. The van der Waals surface area contributed by atoms with Crippen molar-refractivity contribution in [2.45, 2.75) is 197 Å². The van der Waals surface area contributed by atoms with E-state index in [1.54, 1.807) is 0 Å². The van der Waals surface area contributed by atoms with Gasteiger partial charge < -0.3 is 29.4 Å². The van der Waals surface area contributed by atoms with Gasteiger partial charge in [0.25, 0.3) is 13.4 Å². The number of nitrogens with zero attached hydrogens (tertiary/aromatic N) is 6. The van der Waals surface area contributed by atoms with E-state index in [1.807, 2.05) is 0 Å². The summed E-state index contributed by atoms with van der Waals surface area (Å²) in [6.45, 7) is 46.4. The molecule has 6 nitrogen and oxygen atoms in total. The first kappa shape index (κ1) is 87.1. The van der Waals surface area contributed by atoms with E-state index < -0.39 is 0 Å². The molecule has 0 saturated heterocycles. The van der Waals surface area contributed by atoms with Gasteiger partial charge in [-0.1, -0.05) is 333 Å². The van der Waals surface area contributed by atoms with Crippen molar-refractivity contribution >= 4 is 149 Å². The molecule has 664 valence electrons. The van der Waals surface area contributed by atoms with Gasteiger partial charge in [0, 0.05) is 102 Å². The van der Waals surface area contributed by atoms with Crippen LogP contribution in [0.2, 0.25) is 0 Å². The Balaban J connectivity index is 0.000000161. The van der Waals surface area contributed by atoms with Crippen LogP contribution in [0.5, 0.6) is 0 Å². The molecular weight excluding hydrogens is 1620 g/mol. The average Bonchev–Trinajstić information content (AvgIpc) is 1.16. The van der Waals surface area contributed by atoms with E-state index in [0.29, 0.717) is 47.3 Å². The maximum absolute atomic E-state index is 2.59. The first-order valence-electron chi connectivity index (χ1n) is 49.3. The fraction of sp³-hybridized carbons (Fsp3) is 0.238. The fourth-order valence-corrected chi connectivity index (χ4v) is 22.6. The standard InChI is InChI=1S/2C63H62BN3/c1-39(2)43-20-26-48(27-21-43)66-58-32-24-45(41(5)6)34-56(58)64-57-35-46(42(7)8)25-33-59(57)67(49-28-22-44(23-29-49)40(3)4)61-38-51(37-60(66)62(61)64)65(47-16-12-11-13-17-47)50-30-31-53-52-18-14-15-19-54(52)63(9,10)55(53)36-50;1-39(2)43-20-26-48(27-21-43)66-58-34-45(41(5)6)24-32-56(58)64-57-33-25-46(42(7)8)35-59(57)67(49-28-22-44(23-29-49)40(3)4)61-38-51(37-60(66)62(61)64)65(47-16-12-11-13-17-47)50-30-31-53-52-18-14-15-19-54(52)63(9,10)55(53)36-50/h2*11-42H,1-10H3. The van der Waals surface area contributed by atoms with Crippen molar-refractivity contribution in [2.24, 2.45) is 0 Å². The number of rotatable bonds is 18. The molecule has 0 unspecified atom stereocenters. The van der Waals surface area contributed by atoms with Crippen LogP contribution in [0.1, 0.15) is 253 Å². The maximum Gasteiger partial charge on any atom is 0.252 e. The van der Waals surface area contributed by atoms with Crippen molar-refractivity contribution < 1.29 is 0 Å². The minimum atomic E-state index is -0.146. The monoisotopic (exact) mass is 1740 g/mol. The van der Waals surface area contributed by atoms with E-state index in [1.165, 1.54) is 190 Å². The predicted octanol–water partition coefficient (Wildman–Crippen LogP) is 32.1. The van der Waals surface area contributed by atoms with Crippen molar-refractivity contribution in [3.8, 4) is 22.3 Å². The molecular formula is C126H124B2N6. The minimum absolute atomic E-state index is 0.0169. The lowest BCUT2D eigenvalue weighted by Crippen LogP contribution is -2.61. The second kappa shape index (κ2) is 33.9. The van der Waals surface area contributed by atoms with Crippen LogP contribution < -0.4 is 62.2 Å². The van der Waals surface area contributed by atoms with Crippen molar-refractivity contribution in [2.75, 3.05) is 29.4 Å². The van der Waals surface area contributed by atoms with E-state index in [9.17, 15) is 0 Å². The Hall–Kier alpha value is -13.6. The Kier molecular flexibility index (Phi) is 22.0. The Morgan fingerprint density at radius 2 is 0.455 bits per heavy atom. The molecule has 0 saturated carbocycles. The summed E-state index contributed by atoms with van der Waals surface area (Å²) in [6.07, 6.45) is 0. The van der Waals surface area contributed by atoms with Gasteiger partial charge in [-0.25, -0.2) is 0 Å². The molecule has 4 heterocycles. The molecule has 16 aromatic carbocycles. The molecule has 4 aliphatic heterocycles. The Morgan fingerprint density at radius 1 is 0.194 bits per heavy atom. The zero-order valence-electron chi connectivity index (χ0n) is 81.8. The lowest BCUT2D eigenvalue weighted by atomic mass is 9.33. The predicted molar refractivity (Wildman–Crippen MR) is 578 cm³/mol. The van der Waals surface area contributed by atoms with E-state index in [4.69, 9.17) is 0 Å². The van der Waals surface area contributed by atoms with Gasteiger partial charge in [0.05, 0.1) is 11.4 Å². The molecule has 0 bridgehead atoms. The molecule has 0 radical (unpaired) electrons. The number of benzene rings is 16. The molecule has 8 heteroatoms. The third-order valence-electron chi connectivity index (χ3n) is 30.3. The van der Waals surface area contributed by atoms with Crippen LogP contribution in [-0.2, 0) is 10.8 Å². The van der Waals surface area contributed by atoms with Crippen molar-refractivity contribution in [3.05, 3.63) is 406 Å². The quantitative estimate of drug-likeness (QED) is 0.0792. The van der Waals surface area contributed by atoms with Crippen LogP contribution in [-0.4, -0.2) is 13.4 Å². The first-order valence-corrected chi connectivity index (χ1v) is 49.3. The zero-order chi connectivity index (χ0) is 92.9. The van der Waals surface area contributed by atoms with E-state index >= 15 is 0 Å². The van der Waals surface area contributed by atoms with Gasteiger partial charge in [0.15, 0.2) is 0 Å². The Morgan fingerprint density at radius 3 is 0.769 bits per heavy atom. The molecule has 0 aromatic heterocycles. The largest absolute Gasteiger partial charge is 0.311 e. The van der Waals surface area contributed by atoms with Crippen LogP contribution in [0, 0.1) is 0 Å². The highest BCUT2D eigenvalue weighted by molar-refractivity contribution is 7.01. The molecule has 0 atom stereocenters. The second-order valence-electron chi connectivity index (χ2n) is 42.0. The molecule has 22 rings (SSSR count). The number of para-hydroxylation sites is 2. The number of anilines is 18. The Labute approximate surface area is 797 Å². The van der Waals surface area contributed by atoms with Gasteiger partial charge in [-0.15, -0.1) is 0 Å². The highest BCUT2D eigenvalue weighted by Crippen LogP contribution is 2.57. The highest BCUT2D eigenvalue weighted by Gasteiger charge is 2.48. The van der Waals surface area contributed by atoms with Crippen LogP contribution in [0.3, 0.4) is 0 Å². The fourth-order valence-electron chi connectivity index (χ4n) is 22.6. The first-order chi connectivity index (χ1) is 64.6. The van der Waals surface area contributed by atoms with Gasteiger partial charge in [-0.05, 0) is 315 Å². The lowest BCUT2D eigenvalue weighted by molar-refractivity contribution is 0.660. The highest BCUT2D eigenvalue weighted by atomic mass is 15.2. The number of fused-ring (bicyclic) bond motifs is 14. The Bertz CT molecular complexity index is 6950. The van der Waals surface area contributed by atoms with Crippen molar-refractivity contribution in [3.63, 3.8) is 0 Å². The van der Waals surface area contributed by atoms with Gasteiger partial charge >= 0.3 is 0 Å². The van der Waals surface area contributed by atoms with Crippen LogP contribution in [0.25, 0.3) is 22.3 Å². The van der Waals surface area contributed by atoms with Gasteiger partial charge in [0.1, 0.15) is 0 Å². The van der Waals surface area contributed by atoms with E-state index in [0.717, 1.165) is 34.1 Å². The van der Waals surface area contributed by atoms with Crippen LogP contribution in [0.15, 0.2) is 340 Å². The summed E-state index contributed by atoms with van der Waals surface area (Å²) in [5.74, 6) is 3.26. The molecule has 0 fully saturated rings. The third kappa shape index (κ3) is 14.6. The SMILES string of the molecule is CC(C)c1ccc(N2c3cc(C(C)C)ccc3B3c4ccc(C(C)C)cc4N(c4ccc(C(C)C)cc4)c4cc(N(c5ccccc5)c5ccc6c(c5)C(C)(C)c5ccccc5-6)cc2c43)cc1.CC(C)c1ccc(N2c3ccc(C(C)C)cc3B3c4cc(C(C)C)ccc4N(c4ccc(C(C)C)cc4)c4cc(N(c5ccccc5)c5ccc6c(c5)C(C)(C)c5ccccc5-6)cc2c43)cc1. The van der Waals surface area contributed by atoms with Gasteiger partial charge in [-0.2, -0.15) is 0 Å². The average molecular weight is 1740 g/mol. The van der Waals surface area contributed by atoms with Gasteiger partial charge in [0.2, 0.25) is 0 Å². The topological polar surface area (TPSA) is 19.4 Å². The molecule has 2 aliphatic carbocycles. The van der Waals surface area contributed by atoms with Crippen molar-refractivity contribution in [1.29, 1.82) is 0 Å². The summed E-state index contributed by atoms with van der Waals surface area (Å²) >= 11 is 0. The normalized spacial score (nSPS) is 14.1. The summed E-state index contributed by atoms with van der Waals surface area (Å²) in [6, 6.07) is 131. The minimum Gasteiger partial charge on any atom is -0.311 e. The van der Waals surface area contributed by atoms with E-state index in [-0.39, 0.29) is 24.3 Å². The summed E-state index contributed by atoms with van der Waals surface area (Å²) in [5, 5.41) is 0. The molecule has 0 amide bonds. The molecule has 0 spiro atoms. The van der Waals surface area contributed by atoms with Crippen LogP contribution >= 0.6 is 0 Å². The summed E-state index contributed by atoms with van der Waals surface area (Å²) < 4.78 is 0. The third-order valence-corrected chi connectivity index (χ3v) is 30.3. The summed E-state index contributed by atoms with van der Waals surface area (Å²) in [7, 11) is 0. The molecule has 0 N–H and O–H groups in total. The smallest absolute Gasteiger partial charge is 0.252 e. The number of hydrogen-bond donors (Lipinski definition) is 0. The maximum atomic E-state index is 2.59. The molecule has 16 aromatic rings. The summed E-state index contributed by atoms with van der Waals surface area (Å²) in [5.41, 5.74) is 50.6. The summed E-state index contributed by atoms with van der Waals surface area (Å²) in [4.78, 5) is 15.3. The zero-order valence-corrected chi connectivity index (χ0v) is 81.8. The number of hydrogen-bond acceptors (Lipinski definition) is 6. The lowest BCUT2D eigenvalue weighted by Gasteiger charge is -2.45. The molecule has 134 heavy (non-hydrogen) atoms. The second-order valence-corrected chi connectivity index (χ2v) is 42.0. The van der Waals surface area contributed by atoms with Gasteiger partial charge in [-0.3, -0.25) is 0 Å². The van der Waals surface area contributed by atoms with E-state index in [2.05, 4.69) is 508 Å². The van der Waals surface area contributed by atoms with Crippen LogP contribution in [0.4, 0.5) is 102 Å². The van der Waals surface area contributed by atoms with Crippen molar-refractivity contribution in [1.82, 2.24) is 0 Å².